The first-order chi connectivity index (χ1) is 9.24. The molecule has 0 aliphatic carbocycles. The number of carbonyl (C=O) groups is 1. The van der Waals surface area contributed by atoms with Gasteiger partial charge in [-0.3, -0.25) is 9.48 Å². The minimum atomic E-state index is 0.0457. The Labute approximate surface area is 113 Å². The fourth-order valence-corrected chi connectivity index (χ4v) is 2.02. The van der Waals surface area contributed by atoms with Crippen LogP contribution in [0.1, 0.15) is 29.8 Å². The van der Waals surface area contributed by atoms with Crippen LogP contribution in [0.15, 0.2) is 42.7 Å². The number of aromatic nitrogens is 2. The molecule has 0 fully saturated rings. The highest BCUT2D eigenvalue weighted by molar-refractivity contribution is 5.93. The molecule has 4 nitrogen and oxygen atoms in total. The zero-order valence-electron chi connectivity index (χ0n) is 11.4. The van der Waals surface area contributed by atoms with Crippen LogP contribution >= 0.6 is 0 Å². The second kappa shape index (κ2) is 6.18. The number of amides is 1. The second-order valence-electron chi connectivity index (χ2n) is 4.39. The Bertz CT molecular complexity index is 529. The van der Waals surface area contributed by atoms with Crippen LogP contribution in [-0.4, -0.2) is 33.7 Å². The summed E-state index contributed by atoms with van der Waals surface area (Å²) in [6.45, 7) is 6.09. The van der Waals surface area contributed by atoms with Crippen LogP contribution in [0, 0.1) is 0 Å². The van der Waals surface area contributed by atoms with Crippen LogP contribution in [0.2, 0.25) is 0 Å². The molecule has 1 heterocycles. The molecule has 19 heavy (non-hydrogen) atoms. The van der Waals surface area contributed by atoms with E-state index in [9.17, 15) is 4.79 Å². The van der Waals surface area contributed by atoms with Gasteiger partial charge in [0.2, 0.25) is 0 Å². The Morgan fingerprint density at radius 2 is 1.89 bits per heavy atom. The third-order valence-electron chi connectivity index (χ3n) is 3.12. The average Bonchev–Trinajstić information content (AvgIpc) is 2.89. The van der Waals surface area contributed by atoms with Crippen molar-refractivity contribution in [1.29, 1.82) is 0 Å². The van der Waals surface area contributed by atoms with Crippen molar-refractivity contribution >= 4 is 5.91 Å². The third kappa shape index (κ3) is 3.22. The van der Waals surface area contributed by atoms with Gasteiger partial charge in [0.15, 0.2) is 0 Å². The molecule has 1 aromatic heterocycles. The molecule has 0 saturated carbocycles. The van der Waals surface area contributed by atoms with Crippen LogP contribution in [0.25, 0.3) is 0 Å². The van der Waals surface area contributed by atoms with Crippen molar-refractivity contribution in [1.82, 2.24) is 14.7 Å². The van der Waals surface area contributed by atoms with Gasteiger partial charge in [0.1, 0.15) is 0 Å². The fraction of sp³-hybridized carbons (Fsp3) is 0.333. The predicted octanol–water partition coefficient (Wildman–Crippen LogP) is 2.41. The topological polar surface area (TPSA) is 38.1 Å². The summed E-state index contributed by atoms with van der Waals surface area (Å²) >= 11 is 0. The molecule has 1 amide bonds. The molecule has 0 unspecified atom stereocenters. The lowest BCUT2D eigenvalue weighted by Crippen LogP contribution is -2.30. The van der Waals surface area contributed by atoms with Gasteiger partial charge in [0.05, 0.1) is 18.3 Å². The summed E-state index contributed by atoms with van der Waals surface area (Å²) in [7, 11) is 0. The Balaban J connectivity index is 2.09. The first-order valence-corrected chi connectivity index (χ1v) is 6.60. The number of carbonyl (C=O) groups excluding carboxylic acids is 1. The van der Waals surface area contributed by atoms with Gasteiger partial charge in [-0.2, -0.15) is 5.10 Å². The molecule has 2 aromatic rings. The van der Waals surface area contributed by atoms with Gasteiger partial charge in [-0.1, -0.05) is 30.3 Å². The first-order valence-electron chi connectivity index (χ1n) is 6.60. The lowest BCUT2D eigenvalue weighted by Gasteiger charge is -2.17. The van der Waals surface area contributed by atoms with Crippen molar-refractivity contribution < 1.29 is 4.79 Å². The van der Waals surface area contributed by atoms with Gasteiger partial charge in [0.25, 0.3) is 5.91 Å². The van der Waals surface area contributed by atoms with E-state index < -0.39 is 0 Å². The molecule has 1 aromatic carbocycles. The summed E-state index contributed by atoms with van der Waals surface area (Å²) in [4.78, 5) is 13.9. The van der Waals surface area contributed by atoms with E-state index in [1.165, 1.54) is 5.56 Å². The van der Waals surface area contributed by atoms with Crippen molar-refractivity contribution in [2.75, 3.05) is 13.1 Å². The Morgan fingerprint density at radius 3 is 2.53 bits per heavy atom. The number of benzene rings is 1. The summed E-state index contributed by atoms with van der Waals surface area (Å²) in [6, 6.07) is 10.1. The number of hydrogen-bond donors (Lipinski definition) is 0. The largest absolute Gasteiger partial charge is 0.339 e. The van der Waals surface area contributed by atoms with E-state index in [1.807, 2.05) is 50.4 Å². The van der Waals surface area contributed by atoms with Gasteiger partial charge in [-0.25, -0.2) is 0 Å². The SMILES string of the molecule is CCN(CC)C(=O)c1cnn(Cc2ccccc2)c1. The molecule has 0 bridgehead atoms. The van der Waals surface area contributed by atoms with Gasteiger partial charge < -0.3 is 4.90 Å². The highest BCUT2D eigenvalue weighted by Gasteiger charge is 2.14. The average molecular weight is 257 g/mol. The van der Waals surface area contributed by atoms with E-state index in [-0.39, 0.29) is 5.91 Å². The maximum Gasteiger partial charge on any atom is 0.257 e. The molecule has 2 rings (SSSR count). The summed E-state index contributed by atoms with van der Waals surface area (Å²) < 4.78 is 1.80. The summed E-state index contributed by atoms with van der Waals surface area (Å²) in [5, 5.41) is 4.25. The number of nitrogens with zero attached hydrogens (tertiary/aromatic N) is 3. The molecule has 0 atom stereocenters. The van der Waals surface area contributed by atoms with E-state index >= 15 is 0 Å². The van der Waals surface area contributed by atoms with E-state index in [2.05, 4.69) is 5.10 Å². The summed E-state index contributed by atoms with van der Waals surface area (Å²) in [6.07, 6.45) is 3.46. The van der Waals surface area contributed by atoms with Crippen molar-refractivity contribution in [2.45, 2.75) is 20.4 Å². The summed E-state index contributed by atoms with van der Waals surface area (Å²) in [5.41, 5.74) is 1.83. The van der Waals surface area contributed by atoms with Crippen molar-refractivity contribution in [3.05, 3.63) is 53.9 Å². The highest BCUT2D eigenvalue weighted by atomic mass is 16.2. The molecule has 100 valence electrons. The number of rotatable bonds is 5. The zero-order chi connectivity index (χ0) is 13.7. The van der Waals surface area contributed by atoms with Crippen LogP contribution in [0.5, 0.6) is 0 Å². The number of hydrogen-bond acceptors (Lipinski definition) is 2. The molecule has 0 radical (unpaired) electrons. The van der Waals surface area contributed by atoms with Gasteiger partial charge in [0, 0.05) is 19.3 Å². The molecular weight excluding hydrogens is 238 g/mol. The Morgan fingerprint density at radius 1 is 1.21 bits per heavy atom. The molecule has 0 saturated heterocycles. The van der Waals surface area contributed by atoms with Crippen molar-refractivity contribution in [3.63, 3.8) is 0 Å². The van der Waals surface area contributed by atoms with Gasteiger partial charge >= 0.3 is 0 Å². The fourth-order valence-electron chi connectivity index (χ4n) is 2.02. The van der Waals surface area contributed by atoms with Crippen molar-refractivity contribution in [3.8, 4) is 0 Å². The van der Waals surface area contributed by atoms with Crippen molar-refractivity contribution in [2.24, 2.45) is 0 Å². The van der Waals surface area contributed by atoms with E-state index in [4.69, 9.17) is 0 Å². The van der Waals surface area contributed by atoms with Crippen LogP contribution in [0.3, 0.4) is 0 Å². The maximum atomic E-state index is 12.1. The van der Waals surface area contributed by atoms with Gasteiger partial charge in [-0.05, 0) is 19.4 Å². The second-order valence-corrected chi connectivity index (χ2v) is 4.39. The lowest BCUT2D eigenvalue weighted by molar-refractivity contribution is 0.0773. The van der Waals surface area contributed by atoms with E-state index in [0.29, 0.717) is 12.1 Å². The molecule has 0 aliphatic rings. The minimum absolute atomic E-state index is 0.0457. The third-order valence-corrected chi connectivity index (χ3v) is 3.12. The van der Waals surface area contributed by atoms with E-state index in [1.54, 1.807) is 15.8 Å². The monoisotopic (exact) mass is 257 g/mol. The Kier molecular flexibility index (Phi) is 4.34. The molecule has 0 aliphatic heterocycles. The summed E-state index contributed by atoms with van der Waals surface area (Å²) in [5.74, 6) is 0.0457. The normalized spacial score (nSPS) is 10.4. The van der Waals surface area contributed by atoms with E-state index in [0.717, 1.165) is 13.1 Å². The first kappa shape index (κ1) is 13.3. The predicted molar refractivity (Wildman–Crippen MR) is 75.0 cm³/mol. The molecule has 0 spiro atoms. The molecular formula is C15H19N3O. The quantitative estimate of drug-likeness (QED) is 0.825. The molecule has 4 heteroatoms. The zero-order valence-corrected chi connectivity index (χ0v) is 11.4. The van der Waals surface area contributed by atoms with Crippen LogP contribution in [0.4, 0.5) is 0 Å². The minimum Gasteiger partial charge on any atom is -0.339 e. The maximum absolute atomic E-state index is 12.1. The van der Waals surface area contributed by atoms with Gasteiger partial charge in [-0.15, -0.1) is 0 Å². The Hall–Kier alpha value is -2.10. The molecule has 0 N–H and O–H groups in total. The van der Waals surface area contributed by atoms with Crippen LogP contribution < -0.4 is 0 Å². The smallest absolute Gasteiger partial charge is 0.257 e. The lowest BCUT2D eigenvalue weighted by atomic mass is 10.2. The highest BCUT2D eigenvalue weighted by Crippen LogP contribution is 2.06. The van der Waals surface area contributed by atoms with Crippen LogP contribution in [-0.2, 0) is 6.54 Å². The standard InChI is InChI=1S/C15H19N3O/c1-3-17(4-2)15(19)14-10-16-18(12-14)11-13-8-6-5-7-9-13/h5-10,12H,3-4,11H2,1-2H3.